The minimum absolute atomic E-state index is 0.0756. The maximum atomic E-state index is 13.5. The van der Waals surface area contributed by atoms with Gasteiger partial charge in [0.25, 0.3) is 0 Å². The molecule has 4 aliphatic carbocycles. The van der Waals surface area contributed by atoms with Crippen molar-refractivity contribution in [2.24, 2.45) is 46.3 Å². The lowest BCUT2D eigenvalue weighted by Gasteiger charge is -2.61. The van der Waals surface area contributed by atoms with Gasteiger partial charge in [-0.3, -0.25) is 9.48 Å². The van der Waals surface area contributed by atoms with E-state index in [-0.39, 0.29) is 17.9 Å². The van der Waals surface area contributed by atoms with E-state index in [2.05, 4.69) is 31.9 Å². The second-order valence-corrected chi connectivity index (χ2v) is 12.6. The number of nitriles is 1. The van der Waals surface area contributed by atoms with Gasteiger partial charge in [-0.05, 0) is 98.7 Å². The van der Waals surface area contributed by atoms with Gasteiger partial charge in [0, 0.05) is 12.1 Å². The standard InChI is InChI=1S/C27H39N3O2/c1-17-11-22-20-6-5-19-12-25(2,32)9-10-26(19,3)21(20)7-8-27(22,4)24(17)23(31)16-30-15-18(13-28)14-29-30/h14-15,17,19-22,24,32H,5-12,16H2,1-4H3/t17-,19+,20-,21+,22+,24-,25-,26+,27+/m1/s1. The van der Waals surface area contributed by atoms with Gasteiger partial charge in [-0.1, -0.05) is 20.8 Å². The molecule has 0 bridgehead atoms. The first-order chi connectivity index (χ1) is 15.1. The quantitative estimate of drug-likeness (QED) is 0.723. The van der Waals surface area contributed by atoms with Crippen LogP contribution in [0, 0.1) is 57.7 Å². The number of rotatable bonds is 3. The molecule has 1 aromatic rings. The van der Waals surface area contributed by atoms with Crippen molar-refractivity contribution in [3.8, 4) is 6.07 Å². The number of hydrogen-bond donors (Lipinski definition) is 1. The van der Waals surface area contributed by atoms with E-state index in [0.29, 0.717) is 40.4 Å². The fraction of sp³-hybridized carbons (Fsp3) is 0.815. The van der Waals surface area contributed by atoms with Crippen molar-refractivity contribution in [2.45, 2.75) is 91.2 Å². The molecule has 1 heterocycles. The number of Topliss-reactive ketones (excluding diaryl/α,β-unsaturated/α-hetero) is 1. The molecule has 32 heavy (non-hydrogen) atoms. The van der Waals surface area contributed by atoms with Gasteiger partial charge in [0.2, 0.25) is 0 Å². The van der Waals surface area contributed by atoms with Gasteiger partial charge in [0.15, 0.2) is 5.78 Å². The Labute approximate surface area is 192 Å². The molecule has 4 aliphatic rings. The summed E-state index contributed by atoms with van der Waals surface area (Å²) in [6.07, 6.45) is 12.3. The molecule has 4 fully saturated rings. The topological polar surface area (TPSA) is 78.9 Å². The van der Waals surface area contributed by atoms with Crippen LogP contribution in [-0.2, 0) is 11.3 Å². The van der Waals surface area contributed by atoms with Gasteiger partial charge >= 0.3 is 0 Å². The highest BCUT2D eigenvalue weighted by Crippen LogP contribution is 2.68. The van der Waals surface area contributed by atoms with E-state index in [9.17, 15) is 9.90 Å². The smallest absolute Gasteiger partial charge is 0.158 e. The van der Waals surface area contributed by atoms with E-state index in [0.717, 1.165) is 38.0 Å². The summed E-state index contributed by atoms with van der Waals surface area (Å²) in [6, 6.07) is 2.10. The molecule has 0 unspecified atom stereocenters. The Morgan fingerprint density at radius 3 is 2.69 bits per heavy atom. The summed E-state index contributed by atoms with van der Waals surface area (Å²) in [6.45, 7) is 9.53. The second kappa shape index (κ2) is 7.42. The summed E-state index contributed by atoms with van der Waals surface area (Å²) in [7, 11) is 0. The van der Waals surface area contributed by atoms with Gasteiger partial charge in [0.05, 0.1) is 23.9 Å². The number of nitrogens with zero attached hydrogens (tertiary/aromatic N) is 3. The first-order valence-electron chi connectivity index (χ1n) is 12.7. The predicted molar refractivity (Wildman–Crippen MR) is 122 cm³/mol. The Hall–Kier alpha value is -1.67. The molecule has 0 saturated heterocycles. The molecule has 5 nitrogen and oxygen atoms in total. The molecule has 1 N–H and O–H groups in total. The maximum Gasteiger partial charge on any atom is 0.158 e. The van der Waals surface area contributed by atoms with E-state index >= 15 is 0 Å². The van der Waals surface area contributed by atoms with Gasteiger partial charge in [-0.25, -0.2) is 0 Å². The summed E-state index contributed by atoms with van der Waals surface area (Å²) in [5.74, 6) is 3.50. The highest BCUT2D eigenvalue weighted by atomic mass is 16.3. The Balaban J connectivity index is 1.37. The second-order valence-electron chi connectivity index (χ2n) is 12.6. The zero-order chi connectivity index (χ0) is 22.9. The Morgan fingerprint density at radius 2 is 1.97 bits per heavy atom. The summed E-state index contributed by atoms with van der Waals surface area (Å²) in [5.41, 5.74) is 0.447. The minimum Gasteiger partial charge on any atom is -0.390 e. The van der Waals surface area contributed by atoms with Crippen LogP contribution in [0.4, 0.5) is 0 Å². The van der Waals surface area contributed by atoms with Crippen LogP contribution in [0.1, 0.15) is 84.6 Å². The number of carbonyl (C=O) groups excluding carboxylic acids is 1. The molecule has 0 spiro atoms. The van der Waals surface area contributed by atoms with Crippen LogP contribution in [0.5, 0.6) is 0 Å². The normalized spacial score (nSPS) is 47.8. The van der Waals surface area contributed by atoms with Crippen molar-refractivity contribution in [3.05, 3.63) is 18.0 Å². The van der Waals surface area contributed by atoms with Gasteiger partial charge < -0.3 is 5.11 Å². The van der Waals surface area contributed by atoms with Crippen LogP contribution in [-0.4, -0.2) is 26.3 Å². The van der Waals surface area contributed by atoms with Crippen LogP contribution in [0.3, 0.4) is 0 Å². The van der Waals surface area contributed by atoms with Crippen molar-refractivity contribution in [3.63, 3.8) is 0 Å². The molecule has 0 amide bonds. The SMILES string of the molecule is C[C@@H]1C[C@H]2[C@@H]3CC[C@H]4C[C@](C)(O)CC[C@]4(C)[C@H]3CC[C@]2(C)[C@H]1C(=O)Cn1cc(C#N)cn1. The van der Waals surface area contributed by atoms with Gasteiger partial charge in [-0.15, -0.1) is 0 Å². The number of ketones is 1. The van der Waals surface area contributed by atoms with E-state index in [4.69, 9.17) is 5.26 Å². The van der Waals surface area contributed by atoms with E-state index in [1.165, 1.54) is 19.3 Å². The molecular formula is C27H39N3O2. The summed E-state index contributed by atoms with van der Waals surface area (Å²) in [5, 5.41) is 24.0. The molecule has 1 aromatic heterocycles. The summed E-state index contributed by atoms with van der Waals surface area (Å²) in [4.78, 5) is 13.5. The molecular weight excluding hydrogens is 398 g/mol. The Kier molecular flexibility index (Phi) is 5.13. The largest absolute Gasteiger partial charge is 0.390 e. The number of hydrogen-bond acceptors (Lipinski definition) is 4. The molecule has 4 saturated carbocycles. The monoisotopic (exact) mass is 437 g/mol. The third kappa shape index (κ3) is 3.28. The molecule has 0 radical (unpaired) electrons. The molecule has 5 heteroatoms. The number of aromatic nitrogens is 2. The van der Waals surface area contributed by atoms with E-state index in [1.54, 1.807) is 17.1 Å². The van der Waals surface area contributed by atoms with Crippen LogP contribution in [0.2, 0.25) is 0 Å². The van der Waals surface area contributed by atoms with Crippen molar-refractivity contribution in [2.75, 3.05) is 0 Å². The molecule has 174 valence electrons. The maximum absolute atomic E-state index is 13.5. The zero-order valence-corrected chi connectivity index (χ0v) is 20.2. The summed E-state index contributed by atoms with van der Waals surface area (Å²) < 4.78 is 1.65. The Morgan fingerprint density at radius 1 is 1.19 bits per heavy atom. The van der Waals surface area contributed by atoms with E-state index in [1.807, 2.05) is 6.92 Å². The fourth-order valence-electron chi connectivity index (χ4n) is 9.25. The van der Waals surface area contributed by atoms with Crippen LogP contribution in [0.25, 0.3) is 0 Å². The van der Waals surface area contributed by atoms with Crippen molar-refractivity contribution < 1.29 is 9.90 Å². The number of aliphatic hydroxyl groups is 1. The first-order valence-corrected chi connectivity index (χ1v) is 12.7. The Bertz CT molecular complexity index is 945. The average Bonchev–Trinajstić information content (AvgIpc) is 3.28. The van der Waals surface area contributed by atoms with Crippen LogP contribution in [0.15, 0.2) is 12.4 Å². The van der Waals surface area contributed by atoms with Gasteiger partial charge in [0.1, 0.15) is 6.07 Å². The van der Waals surface area contributed by atoms with Crippen LogP contribution < -0.4 is 0 Å². The highest BCUT2D eigenvalue weighted by molar-refractivity contribution is 5.82. The minimum atomic E-state index is -0.489. The third-order valence-corrected chi connectivity index (χ3v) is 10.7. The van der Waals surface area contributed by atoms with E-state index < -0.39 is 5.60 Å². The number of carbonyl (C=O) groups is 1. The molecule has 0 aromatic carbocycles. The zero-order valence-electron chi connectivity index (χ0n) is 20.2. The van der Waals surface area contributed by atoms with Gasteiger partial charge in [-0.2, -0.15) is 10.4 Å². The van der Waals surface area contributed by atoms with Crippen molar-refractivity contribution in [1.29, 1.82) is 5.26 Å². The molecule has 9 atom stereocenters. The lowest BCUT2D eigenvalue weighted by Crippen LogP contribution is -2.55. The lowest BCUT2D eigenvalue weighted by atomic mass is 9.44. The predicted octanol–water partition coefficient (Wildman–Crippen LogP) is 4.98. The first kappa shape index (κ1) is 22.1. The average molecular weight is 438 g/mol. The lowest BCUT2D eigenvalue weighted by molar-refractivity contribution is -0.151. The third-order valence-electron chi connectivity index (χ3n) is 10.7. The fourth-order valence-corrected chi connectivity index (χ4v) is 9.25. The van der Waals surface area contributed by atoms with Crippen molar-refractivity contribution >= 4 is 5.78 Å². The summed E-state index contributed by atoms with van der Waals surface area (Å²) >= 11 is 0. The van der Waals surface area contributed by atoms with Crippen molar-refractivity contribution in [1.82, 2.24) is 9.78 Å². The molecule has 5 rings (SSSR count). The van der Waals surface area contributed by atoms with Crippen LogP contribution >= 0.6 is 0 Å². The number of fused-ring (bicyclic) bond motifs is 5. The molecule has 0 aliphatic heterocycles. The highest BCUT2D eigenvalue weighted by Gasteiger charge is 2.63.